The summed E-state index contributed by atoms with van der Waals surface area (Å²) >= 11 is 6.17. The van der Waals surface area contributed by atoms with Crippen molar-refractivity contribution in [1.82, 2.24) is 5.32 Å². The SMILES string of the molecule is CCC(C)NC(=O)/C(C#N)=C\Nc1c(C)cc(C)cc1Cl. The van der Waals surface area contributed by atoms with Crippen molar-refractivity contribution < 1.29 is 4.79 Å². The number of benzene rings is 1. The Kier molecular flexibility index (Phi) is 6.26. The van der Waals surface area contributed by atoms with Crippen LogP contribution in [0.25, 0.3) is 0 Å². The summed E-state index contributed by atoms with van der Waals surface area (Å²) in [7, 11) is 0. The Morgan fingerprint density at radius 2 is 2.14 bits per heavy atom. The molecule has 5 heteroatoms. The molecule has 1 amide bonds. The van der Waals surface area contributed by atoms with E-state index in [1.807, 2.05) is 45.9 Å². The number of carbonyl (C=O) groups excluding carboxylic acids is 1. The Morgan fingerprint density at radius 3 is 2.67 bits per heavy atom. The molecule has 112 valence electrons. The van der Waals surface area contributed by atoms with Crippen LogP contribution in [0.4, 0.5) is 5.69 Å². The molecular weight excluding hydrogens is 286 g/mol. The predicted octanol–water partition coefficient (Wildman–Crippen LogP) is 3.69. The number of rotatable bonds is 5. The molecule has 2 N–H and O–H groups in total. The first-order chi connectivity index (χ1) is 9.88. The van der Waals surface area contributed by atoms with Crippen LogP contribution in [0, 0.1) is 25.2 Å². The van der Waals surface area contributed by atoms with Gasteiger partial charge in [-0.15, -0.1) is 0 Å². The van der Waals surface area contributed by atoms with Crippen LogP contribution in [0.3, 0.4) is 0 Å². The van der Waals surface area contributed by atoms with Crippen LogP contribution in [-0.2, 0) is 4.79 Å². The van der Waals surface area contributed by atoms with Gasteiger partial charge in [0.25, 0.3) is 5.91 Å². The van der Waals surface area contributed by atoms with E-state index in [4.69, 9.17) is 16.9 Å². The maximum absolute atomic E-state index is 11.9. The number of aryl methyl sites for hydroxylation is 2. The highest BCUT2D eigenvalue weighted by molar-refractivity contribution is 6.33. The quantitative estimate of drug-likeness (QED) is 0.644. The number of carbonyl (C=O) groups is 1. The number of hydrogen-bond acceptors (Lipinski definition) is 3. The topological polar surface area (TPSA) is 64.9 Å². The lowest BCUT2D eigenvalue weighted by atomic mass is 10.1. The molecule has 0 aromatic heterocycles. The fourth-order valence-corrected chi connectivity index (χ4v) is 2.17. The zero-order chi connectivity index (χ0) is 16.0. The molecule has 1 aromatic carbocycles. The maximum atomic E-state index is 11.9. The summed E-state index contributed by atoms with van der Waals surface area (Å²) in [6.07, 6.45) is 2.20. The lowest BCUT2D eigenvalue weighted by molar-refractivity contribution is -0.117. The zero-order valence-electron chi connectivity index (χ0n) is 12.7. The van der Waals surface area contributed by atoms with E-state index in [0.717, 1.165) is 17.5 Å². The summed E-state index contributed by atoms with van der Waals surface area (Å²) in [5, 5.41) is 15.4. The summed E-state index contributed by atoms with van der Waals surface area (Å²) in [6, 6.07) is 5.73. The molecule has 1 atom stereocenters. The Labute approximate surface area is 130 Å². The Hall–Kier alpha value is -1.99. The Morgan fingerprint density at radius 1 is 1.48 bits per heavy atom. The number of amides is 1. The molecule has 1 unspecified atom stereocenters. The van der Waals surface area contributed by atoms with Gasteiger partial charge >= 0.3 is 0 Å². The number of nitrogens with one attached hydrogen (secondary N) is 2. The number of halogens is 1. The summed E-state index contributed by atoms with van der Waals surface area (Å²) < 4.78 is 0. The van der Waals surface area contributed by atoms with Crippen molar-refractivity contribution in [3.05, 3.63) is 40.1 Å². The van der Waals surface area contributed by atoms with E-state index < -0.39 is 0 Å². The monoisotopic (exact) mass is 305 g/mol. The molecule has 0 aliphatic heterocycles. The van der Waals surface area contributed by atoms with E-state index >= 15 is 0 Å². The summed E-state index contributed by atoms with van der Waals surface area (Å²) in [6.45, 7) is 7.73. The largest absolute Gasteiger partial charge is 0.359 e. The van der Waals surface area contributed by atoms with Gasteiger partial charge in [-0.1, -0.05) is 24.6 Å². The van der Waals surface area contributed by atoms with Crippen LogP contribution in [0.1, 0.15) is 31.4 Å². The molecular formula is C16H20ClN3O. The predicted molar refractivity (Wildman–Crippen MR) is 86.1 cm³/mol. The highest BCUT2D eigenvalue weighted by atomic mass is 35.5. The molecule has 0 saturated heterocycles. The van der Waals surface area contributed by atoms with E-state index in [1.165, 1.54) is 6.20 Å². The molecule has 4 nitrogen and oxygen atoms in total. The van der Waals surface area contributed by atoms with Crippen molar-refractivity contribution in [1.29, 1.82) is 5.26 Å². The minimum atomic E-state index is -0.389. The van der Waals surface area contributed by atoms with Crippen molar-refractivity contribution in [2.75, 3.05) is 5.32 Å². The van der Waals surface area contributed by atoms with Gasteiger partial charge in [-0.05, 0) is 44.4 Å². The van der Waals surface area contributed by atoms with Gasteiger partial charge in [0.05, 0.1) is 10.7 Å². The fraction of sp³-hybridized carbons (Fsp3) is 0.375. The van der Waals surface area contributed by atoms with Crippen molar-refractivity contribution in [2.45, 2.75) is 40.2 Å². The van der Waals surface area contributed by atoms with Gasteiger partial charge in [-0.3, -0.25) is 4.79 Å². The average molecular weight is 306 g/mol. The minimum absolute atomic E-state index is 0.0198. The third-order valence-electron chi connectivity index (χ3n) is 3.15. The lowest BCUT2D eigenvalue weighted by Gasteiger charge is -2.12. The smallest absolute Gasteiger partial charge is 0.263 e. The van der Waals surface area contributed by atoms with E-state index in [0.29, 0.717) is 10.7 Å². The first-order valence-corrected chi connectivity index (χ1v) is 7.21. The van der Waals surface area contributed by atoms with Crippen molar-refractivity contribution in [3.63, 3.8) is 0 Å². The van der Waals surface area contributed by atoms with Gasteiger partial charge in [-0.2, -0.15) is 5.26 Å². The maximum Gasteiger partial charge on any atom is 0.263 e. The van der Waals surface area contributed by atoms with E-state index in [9.17, 15) is 4.79 Å². The normalized spacial score (nSPS) is 12.5. The van der Waals surface area contributed by atoms with Crippen LogP contribution < -0.4 is 10.6 Å². The molecule has 0 heterocycles. The highest BCUT2D eigenvalue weighted by Gasteiger charge is 2.12. The second-order valence-electron chi connectivity index (χ2n) is 5.04. The van der Waals surface area contributed by atoms with Gasteiger partial charge in [0, 0.05) is 12.2 Å². The molecule has 0 spiro atoms. The Bertz CT molecular complexity index is 579. The number of nitriles is 1. The van der Waals surface area contributed by atoms with Gasteiger partial charge < -0.3 is 10.6 Å². The second kappa shape index (κ2) is 7.70. The molecule has 1 aromatic rings. The molecule has 0 fully saturated rings. The summed E-state index contributed by atoms with van der Waals surface area (Å²) in [4.78, 5) is 11.9. The molecule has 0 radical (unpaired) electrons. The molecule has 0 aliphatic carbocycles. The van der Waals surface area contributed by atoms with Gasteiger partial charge in [-0.25, -0.2) is 0 Å². The number of hydrogen-bond donors (Lipinski definition) is 2. The Balaban J connectivity index is 2.92. The highest BCUT2D eigenvalue weighted by Crippen LogP contribution is 2.27. The van der Waals surface area contributed by atoms with Gasteiger partial charge in [0.15, 0.2) is 0 Å². The van der Waals surface area contributed by atoms with E-state index in [-0.39, 0.29) is 17.5 Å². The lowest BCUT2D eigenvalue weighted by Crippen LogP contribution is -2.33. The molecule has 0 aliphatic rings. The number of nitrogens with zero attached hydrogens (tertiary/aromatic N) is 1. The standard InChI is InChI=1S/C16H20ClN3O/c1-5-12(4)20-16(21)13(8-18)9-19-15-11(3)6-10(2)7-14(15)17/h6-7,9,12,19H,5H2,1-4H3,(H,20,21)/b13-9-. The van der Waals surface area contributed by atoms with E-state index in [1.54, 1.807) is 0 Å². The van der Waals surface area contributed by atoms with Crippen LogP contribution in [0.5, 0.6) is 0 Å². The third kappa shape index (κ3) is 4.80. The van der Waals surface area contributed by atoms with Crippen LogP contribution in [0.15, 0.2) is 23.9 Å². The summed E-state index contributed by atoms with van der Waals surface area (Å²) in [5.74, 6) is -0.389. The van der Waals surface area contributed by atoms with Gasteiger partial charge in [0.1, 0.15) is 11.6 Å². The third-order valence-corrected chi connectivity index (χ3v) is 3.45. The second-order valence-corrected chi connectivity index (χ2v) is 5.44. The fourth-order valence-electron chi connectivity index (χ4n) is 1.80. The summed E-state index contributed by atoms with van der Waals surface area (Å²) in [5.41, 5.74) is 2.73. The van der Waals surface area contributed by atoms with Crippen molar-refractivity contribution in [3.8, 4) is 6.07 Å². The van der Waals surface area contributed by atoms with Crippen LogP contribution >= 0.6 is 11.6 Å². The number of anilines is 1. The van der Waals surface area contributed by atoms with Crippen LogP contribution in [-0.4, -0.2) is 11.9 Å². The van der Waals surface area contributed by atoms with Crippen molar-refractivity contribution in [2.24, 2.45) is 0 Å². The zero-order valence-corrected chi connectivity index (χ0v) is 13.5. The van der Waals surface area contributed by atoms with Crippen LogP contribution in [0.2, 0.25) is 5.02 Å². The first-order valence-electron chi connectivity index (χ1n) is 6.83. The molecule has 1 rings (SSSR count). The molecule has 0 saturated carbocycles. The first kappa shape index (κ1) is 17.1. The van der Waals surface area contributed by atoms with Crippen molar-refractivity contribution >= 4 is 23.2 Å². The van der Waals surface area contributed by atoms with Gasteiger partial charge in [0.2, 0.25) is 0 Å². The molecule has 0 bridgehead atoms. The molecule has 21 heavy (non-hydrogen) atoms. The minimum Gasteiger partial charge on any atom is -0.359 e. The average Bonchev–Trinajstić information content (AvgIpc) is 2.41. The van der Waals surface area contributed by atoms with E-state index in [2.05, 4.69) is 10.6 Å².